The summed E-state index contributed by atoms with van der Waals surface area (Å²) in [5, 5.41) is 0. The van der Waals surface area contributed by atoms with Gasteiger partial charge in [0.15, 0.2) is 5.78 Å². The SMILES string of the molecule is O=C(c1ccccc1)c1ccccc1NN(S(=O)(=O)O)S(=O)(=O)O. The van der Waals surface area contributed by atoms with E-state index in [4.69, 9.17) is 9.11 Å². The predicted molar refractivity (Wildman–Crippen MR) is 84.9 cm³/mol. The van der Waals surface area contributed by atoms with Crippen molar-refractivity contribution < 1.29 is 30.7 Å². The third-order valence-corrected chi connectivity index (χ3v) is 4.99. The van der Waals surface area contributed by atoms with Crippen LogP contribution in [-0.2, 0) is 20.6 Å². The van der Waals surface area contributed by atoms with Gasteiger partial charge in [-0.1, -0.05) is 42.5 Å². The third-order valence-electron chi connectivity index (χ3n) is 2.84. The topological polar surface area (TPSA) is 141 Å². The molecule has 2 aromatic carbocycles. The summed E-state index contributed by atoms with van der Waals surface area (Å²) in [7, 11) is -10.7. The fraction of sp³-hybridized carbons (Fsp3) is 0. The smallest absolute Gasteiger partial charge is 0.289 e. The van der Waals surface area contributed by atoms with E-state index in [9.17, 15) is 21.6 Å². The zero-order valence-corrected chi connectivity index (χ0v) is 13.5. The third kappa shape index (κ3) is 4.15. The molecule has 9 nitrogen and oxygen atoms in total. The van der Waals surface area contributed by atoms with E-state index >= 15 is 0 Å². The molecule has 0 aliphatic heterocycles. The first-order valence-electron chi connectivity index (χ1n) is 6.31. The molecular formula is C13H12N2O7S2. The Morgan fingerprint density at radius 3 is 1.88 bits per heavy atom. The summed E-state index contributed by atoms with van der Waals surface area (Å²) in [5.41, 5.74) is 1.77. The molecule has 2 aromatic rings. The highest BCUT2D eigenvalue weighted by Gasteiger charge is 2.32. The molecule has 0 bridgehead atoms. The van der Waals surface area contributed by atoms with E-state index in [2.05, 4.69) is 0 Å². The van der Waals surface area contributed by atoms with Gasteiger partial charge in [-0.2, -0.15) is 16.8 Å². The molecule has 0 heterocycles. The second kappa shape index (κ2) is 6.67. The number of carbonyl (C=O) groups is 1. The molecule has 3 N–H and O–H groups in total. The number of benzene rings is 2. The summed E-state index contributed by atoms with van der Waals surface area (Å²) in [6.07, 6.45) is 0. The van der Waals surface area contributed by atoms with E-state index in [-0.39, 0.29) is 16.8 Å². The van der Waals surface area contributed by atoms with Crippen LogP contribution in [-0.4, -0.2) is 35.5 Å². The lowest BCUT2D eigenvalue weighted by Crippen LogP contribution is -2.40. The monoisotopic (exact) mass is 372 g/mol. The number of hydrazine groups is 1. The molecule has 0 radical (unpaired) electrons. The largest absolute Gasteiger partial charge is 0.369 e. The number of carbonyl (C=O) groups excluding carboxylic acids is 1. The molecule has 0 aromatic heterocycles. The summed E-state index contributed by atoms with van der Waals surface area (Å²) in [4.78, 5) is 12.5. The van der Waals surface area contributed by atoms with Crippen molar-refractivity contribution in [3.8, 4) is 0 Å². The summed E-state index contributed by atoms with van der Waals surface area (Å²) in [6, 6.07) is 13.4. The van der Waals surface area contributed by atoms with Crippen LogP contribution in [0.15, 0.2) is 54.6 Å². The lowest BCUT2D eigenvalue weighted by molar-refractivity contribution is 0.103. The second-order valence-corrected chi connectivity index (χ2v) is 7.26. The molecular weight excluding hydrogens is 360 g/mol. The minimum atomic E-state index is -5.35. The first-order valence-corrected chi connectivity index (χ1v) is 9.11. The lowest BCUT2D eigenvalue weighted by atomic mass is 10.0. The van der Waals surface area contributed by atoms with Crippen LogP contribution >= 0.6 is 0 Å². The van der Waals surface area contributed by atoms with E-state index in [1.54, 1.807) is 18.2 Å². The molecule has 0 amide bonds. The number of hydrogen-bond donors (Lipinski definition) is 3. The molecule has 11 heteroatoms. The highest BCUT2D eigenvalue weighted by molar-refractivity contribution is 7.98. The normalized spacial score (nSPS) is 12.1. The van der Waals surface area contributed by atoms with Gasteiger partial charge in [0.05, 0.1) is 5.69 Å². The van der Waals surface area contributed by atoms with Gasteiger partial charge in [-0.3, -0.25) is 19.3 Å². The van der Waals surface area contributed by atoms with Gasteiger partial charge < -0.3 is 0 Å². The molecule has 0 saturated heterocycles. The van der Waals surface area contributed by atoms with Gasteiger partial charge >= 0.3 is 20.6 Å². The molecule has 0 saturated carbocycles. The van der Waals surface area contributed by atoms with Crippen molar-refractivity contribution in [2.24, 2.45) is 0 Å². The molecule has 0 aliphatic rings. The highest BCUT2D eigenvalue weighted by Crippen LogP contribution is 2.21. The Kier molecular flexibility index (Phi) is 5.01. The number of ketones is 1. The van der Waals surface area contributed by atoms with Crippen LogP contribution in [0.25, 0.3) is 0 Å². The summed E-state index contributed by atoms with van der Waals surface area (Å²) < 4.78 is 61.6. The van der Waals surface area contributed by atoms with Crippen molar-refractivity contribution in [3.05, 3.63) is 65.7 Å². The summed E-state index contributed by atoms with van der Waals surface area (Å²) in [5.74, 6) is -0.524. The number of rotatable bonds is 6. The lowest BCUT2D eigenvalue weighted by Gasteiger charge is -2.18. The molecule has 2 rings (SSSR count). The molecule has 0 atom stereocenters. The van der Waals surface area contributed by atoms with Gasteiger partial charge in [-0.15, -0.1) is 0 Å². The maximum atomic E-state index is 12.5. The van der Waals surface area contributed by atoms with Crippen LogP contribution in [0.5, 0.6) is 0 Å². The Bertz CT molecular complexity index is 925. The van der Waals surface area contributed by atoms with E-state index in [1.165, 1.54) is 36.4 Å². The van der Waals surface area contributed by atoms with E-state index in [0.717, 1.165) is 0 Å². The predicted octanol–water partition coefficient (Wildman–Crippen LogP) is 1.15. The Morgan fingerprint density at radius 1 is 0.833 bits per heavy atom. The van der Waals surface area contributed by atoms with Crippen molar-refractivity contribution in [1.82, 2.24) is 3.82 Å². The van der Waals surface area contributed by atoms with Crippen molar-refractivity contribution in [1.29, 1.82) is 0 Å². The quantitative estimate of drug-likeness (QED) is 0.389. The second-order valence-electron chi connectivity index (χ2n) is 4.51. The first kappa shape index (κ1) is 18.0. The van der Waals surface area contributed by atoms with Gasteiger partial charge in [-0.25, -0.2) is 0 Å². The molecule has 0 unspecified atom stereocenters. The average molecular weight is 372 g/mol. The Morgan fingerprint density at radius 2 is 1.33 bits per heavy atom. The molecule has 0 spiro atoms. The number of nitrogens with zero attached hydrogens (tertiary/aromatic N) is 1. The van der Waals surface area contributed by atoms with Crippen LogP contribution in [0.2, 0.25) is 0 Å². The maximum Gasteiger partial charge on any atom is 0.369 e. The van der Waals surface area contributed by atoms with Crippen LogP contribution in [0.3, 0.4) is 0 Å². The van der Waals surface area contributed by atoms with Crippen molar-refractivity contribution in [2.45, 2.75) is 0 Å². The van der Waals surface area contributed by atoms with Crippen LogP contribution in [0.4, 0.5) is 5.69 Å². The van der Waals surface area contributed by atoms with Crippen molar-refractivity contribution in [3.63, 3.8) is 0 Å². The minimum absolute atomic E-state index is 0.0685. The molecule has 128 valence electrons. The maximum absolute atomic E-state index is 12.5. The van der Waals surface area contributed by atoms with Crippen LogP contribution in [0.1, 0.15) is 15.9 Å². The van der Waals surface area contributed by atoms with Gasteiger partial charge in [0, 0.05) is 14.9 Å². The van der Waals surface area contributed by atoms with Crippen molar-refractivity contribution in [2.75, 3.05) is 5.43 Å². The molecule has 0 fully saturated rings. The zero-order valence-electron chi connectivity index (χ0n) is 11.9. The summed E-state index contributed by atoms with van der Waals surface area (Å²) >= 11 is 0. The highest BCUT2D eigenvalue weighted by atomic mass is 32.3. The zero-order chi connectivity index (χ0) is 18.0. The van der Waals surface area contributed by atoms with Crippen LogP contribution < -0.4 is 5.43 Å². The van der Waals surface area contributed by atoms with Gasteiger partial charge in [0.1, 0.15) is 0 Å². The molecule has 0 aliphatic carbocycles. The first-order chi connectivity index (χ1) is 11.1. The molecule has 24 heavy (non-hydrogen) atoms. The van der Waals surface area contributed by atoms with Gasteiger partial charge in [0.25, 0.3) is 0 Å². The standard InChI is InChI=1S/C13H12N2O7S2/c16-13(10-6-2-1-3-7-10)11-8-4-5-9-12(11)14-15(23(17,18)19)24(20,21)22/h1-9,14H,(H,17,18,19)(H,20,21,22). The number of anilines is 1. The Labute approximate surface area is 138 Å². The fourth-order valence-corrected chi connectivity index (χ4v) is 3.24. The minimum Gasteiger partial charge on any atom is -0.289 e. The number of nitrogens with one attached hydrogen (secondary N) is 1. The summed E-state index contributed by atoms with van der Waals surface area (Å²) in [6.45, 7) is 0. The average Bonchev–Trinajstić information content (AvgIpc) is 2.51. The van der Waals surface area contributed by atoms with Crippen LogP contribution in [0, 0.1) is 0 Å². The fourth-order valence-electron chi connectivity index (χ4n) is 1.86. The Hall–Kier alpha value is -2.31. The van der Waals surface area contributed by atoms with E-state index < -0.39 is 30.2 Å². The van der Waals surface area contributed by atoms with Gasteiger partial charge in [0.2, 0.25) is 0 Å². The van der Waals surface area contributed by atoms with Gasteiger partial charge in [-0.05, 0) is 12.1 Å². The number of hydrogen-bond acceptors (Lipinski definition) is 6. The van der Waals surface area contributed by atoms with Crippen molar-refractivity contribution >= 4 is 32.1 Å². The Balaban J connectivity index is 2.48. The van der Waals surface area contributed by atoms with E-state index in [0.29, 0.717) is 0 Å². The van der Waals surface area contributed by atoms with E-state index in [1.807, 2.05) is 5.43 Å². The number of para-hydroxylation sites is 1.